The van der Waals surface area contributed by atoms with E-state index < -0.39 is 0 Å². The van der Waals surface area contributed by atoms with Crippen molar-refractivity contribution >= 4 is 0 Å². The molecule has 2 unspecified atom stereocenters. The predicted octanol–water partition coefficient (Wildman–Crippen LogP) is 4.95. The van der Waals surface area contributed by atoms with Gasteiger partial charge in [0.15, 0.2) is 0 Å². The number of benzene rings is 1. The van der Waals surface area contributed by atoms with Crippen molar-refractivity contribution in [3.63, 3.8) is 0 Å². The molecule has 2 heteroatoms. The van der Waals surface area contributed by atoms with E-state index >= 15 is 0 Å². The third-order valence-electron chi connectivity index (χ3n) is 3.90. The summed E-state index contributed by atoms with van der Waals surface area (Å²) in [6.07, 6.45) is 5.06. The summed E-state index contributed by atoms with van der Waals surface area (Å²) >= 11 is 0. The first-order valence-corrected chi connectivity index (χ1v) is 8.23. The average molecular weight is 277 g/mol. The van der Waals surface area contributed by atoms with Gasteiger partial charge in [0.1, 0.15) is 5.75 Å². The highest BCUT2D eigenvalue weighted by Crippen LogP contribution is 2.34. The van der Waals surface area contributed by atoms with Crippen molar-refractivity contribution in [3.05, 3.63) is 29.8 Å². The molecular formula is C18H31NO. The molecule has 114 valence electrons. The molecule has 0 heterocycles. The van der Waals surface area contributed by atoms with Crippen LogP contribution in [-0.4, -0.2) is 13.2 Å². The maximum absolute atomic E-state index is 5.82. The SMILES string of the molecule is CCCCC(CC)C(NCC)c1ccccc1OCC. The molecule has 2 atom stereocenters. The van der Waals surface area contributed by atoms with E-state index in [2.05, 4.69) is 50.4 Å². The molecule has 1 rings (SSSR count). The van der Waals surface area contributed by atoms with Crippen LogP contribution in [0.15, 0.2) is 24.3 Å². The second-order valence-corrected chi connectivity index (χ2v) is 5.32. The van der Waals surface area contributed by atoms with Crippen molar-refractivity contribution in [2.24, 2.45) is 5.92 Å². The number of para-hydroxylation sites is 1. The number of ether oxygens (including phenoxy) is 1. The van der Waals surface area contributed by atoms with Gasteiger partial charge >= 0.3 is 0 Å². The highest BCUT2D eigenvalue weighted by Gasteiger charge is 2.23. The maximum Gasteiger partial charge on any atom is 0.124 e. The Labute approximate surface area is 124 Å². The lowest BCUT2D eigenvalue weighted by Crippen LogP contribution is -2.28. The first-order chi connectivity index (χ1) is 9.78. The summed E-state index contributed by atoms with van der Waals surface area (Å²) < 4.78 is 5.82. The zero-order valence-electron chi connectivity index (χ0n) is 13.6. The summed E-state index contributed by atoms with van der Waals surface area (Å²) in [6, 6.07) is 8.89. The molecule has 1 N–H and O–H groups in total. The summed E-state index contributed by atoms with van der Waals surface area (Å²) in [5, 5.41) is 3.68. The van der Waals surface area contributed by atoms with Crippen molar-refractivity contribution in [1.29, 1.82) is 0 Å². The lowest BCUT2D eigenvalue weighted by molar-refractivity contribution is 0.299. The van der Waals surface area contributed by atoms with Crippen LogP contribution in [0.2, 0.25) is 0 Å². The second kappa shape index (κ2) is 9.82. The molecule has 0 radical (unpaired) electrons. The summed E-state index contributed by atoms with van der Waals surface area (Å²) in [6.45, 7) is 10.5. The number of nitrogens with one attached hydrogen (secondary N) is 1. The standard InChI is InChI=1S/C18H31NO/c1-5-9-12-15(6-2)18(19-7-3)16-13-10-11-14-17(16)20-8-4/h10-11,13-15,18-19H,5-9,12H2,1-4H3. The van der Waals surface area contributed by atoms with E-state index in [9.17, 15) is 0 Å². The Kier molecular flexibility index (Phi) is 8.36. The Bertz CT molecular complexity index is 364. The van der Waals surface area contributed by atoms with Gasteiger partial charge in [-0.05, 0) is 31.9 Å². The molecule has 0 aliphatic rings. The van der Waals surface area contributed by atoms with Gasteiger partial charge in [0.05, 0.1) is 6.61 Å². The predicted molar refractivity (Wildman–Crippen MR) is 87.3 cm³/mol. The van der Waals surface area contributed by atoms with Gasteiger partial charge in [0.25, 0.3) is 0 Å². The normalized spacial score (nSPS) is 14.0. The Morgan fingerprint density at radius 2 is 1.85 bits per heavy atom. The van der Waals surface area contributed by atoms with Crippen LogP contribution < -0.4 is 10.1 Å². The smallest absolute Gasteiger partial charge is 0.124 e. The largest absolute Gasteiger partial charge is 0.494 e. The fourth-order valence-electron chi connectivity index (χ4n) is 2.85. The van der Waals surface area contributed by atoms with E-state index in [0.717, 1.165) is 18.9 Å². The van der Waals surface area contributed by atoms with Crippen molar-refractivity contribution in [1.82, 2.24) is 5.32 Å². The quantitative estimate of drug-likeness (QED) is 0.653. The van der Waals surface area contributed by atoms with Gasteiger partial charge in [0.2, 0.25) is 0 Å². The highest BCUT2D eigenvalue weighted by atomic mass is 16.5. The number of hydrogen-bond donors (Lipinski definition) is 1. The average Bonchev–Trinajstić information content (AvgIpc) is 2.48. The lowest BCUT2D eigenvalue weighted by Gasteiger charge is -2.29. The number of unbranched alkanes of at least 4 members (excludes halogenated alkanes) is 1. The summed E-state index contributed by atoms with van der Waals surface area (Å²) in [7, 11) is 0. The highest BCUT2D eigenvalue weighted by molar-refractivity contribution is 5.36. The maximum atomic E-state index is 5.82. The Morgan fingerprint density at radius 3 is 2.45 bits per heavy atom. The molecule has 0 aliphatic carbocycles. The molecule has 0 aliphatic heterocycles. The molecular weight excluding hydrogens is 246 g/mol. The van der Waals surface area contributed by atoms with Gasteiger partial charge in [-0.2, -0.15) is 0 Å². The summed E-state index contributed by atoms with van der Waals surface area (Å²) in [5.41, 5.74) is 1.32. The Hall–Kier alpha value is -1.02. The van der Waals surface area contributed by atoms with E-state index in [1.54, 1.807) is 0 Å². The van der Waals surface area contributed by atoms with E-state index in [-0.39, 0.29) is 0 Å². The van der Waals surface area contributed by atoms with Crippen LogP contribution in [0.5, 0.6) is 5.75 Å². The minimum absolute atomic E-state index is 0.402. The minimum atomic E-state index is 0.402. The minimum Gasteiger partial charge on any atom is -0.494 e. The molecule has 0 spiro atoms. The topological polar surface area (TPSA) is 21.3 Å². The monoisotopic (exact) mass is 277 g/mol. The lowest BCUT2D eigenvalue weighted by atomic mass is 9.86. The van der Waals surface area contributed by atoms with Gasteiger partial charge < -0.3 is 10.1 Å². The molecule has 0 bridgehead atoms. The van der Waals surface area contributed by atoms with Crippen molar-refractivity contribution in [2.75, 3.05) is 13.2 Å². The molecule has 0 saturated carbocycles. The first-order valence-electron chi connectivity index (χ1n) is 8.23. The zero-order valence-corrected chi connectivity index (χ0v) is 13.6. The van der Waals surface area contributed by atoms with Crippen molar-refractivity contribution < 1.29 is 4.74 Å². The Morgan fingerprint density at radius 1 is 1.10 bits per heavy atom. The molecule has 0 fully saturated rings. The van der Waals surface area contributed by atoms with Gasteiger partial charge in [-0.15, -0.1) is 0 Å². The van der Waals surface area contributed by atoms with Crippen LogP contribution in [-0.2, 0) is 0 Å². The fourth-order valence-corrected chi connectivity index (χ4v) is 2.85. The summed E-state index contributed by atoms with van der Waals surface area (Å²) in [4.78, 5) is 0. The van der Waals surface area contributed by atoms with E-state index in [1.807, 2.05) is 6.92 Å². The van der Waals surface area contributed by atoms with Gasteiger partial charge in [-0.25, -0.2) is 0 Å². The molecule has 1 aromatic carbocycles. The first kappa shape index (κ1) is 17.0. The van der Waals surface area contributed by atoms with Crippen LogP contribution in [0.25, 0.3) is 0 Å². The zero-order chi connectivity index (χ0) is 14.8. The third-order valence-corrected chi connectivity index (χ3v) is 3.90. The third kappa shape index (κ3) is 4.82. The fraction of sp³-hybridized carbons (Fsp3) is 0.667. The van der Waals surface area contributed by atoms with E-state index in [0.29, 0.717) is 12.0 Å². The molecule has 20 heavy (non-hydrogen) atoms. The van der Waals surface area contributed by atoms with Gasteiger partial charge in [-0.1, -0.05) is 58.2 Å². The molecule has 1 aromatic rings. The Balaban J connectivity index is 2.98. The van der Waals surface area contributed by atoms with Crippen LogP contribution in [0, 0.1) is 5.92 Å². The van der Waals surface area contributed by atoms with Crippen LogP contribution in [0.4, 0.5) is 0 Å². The summed E-state index contributed by atoms with van der Waals surface area (Å²) in [5.74, 6) is 1.72. The van der Waals surface area contributed by atoms with Gasteiger partial charge in [-0.3, -0.25) is 0 Å². The second-order valence-electron chi connectivity index (χ2n) is 5.32. The van der Waals surface area contributed by atoms with E-state index in [1.165, 1.54) is 31.2 Å². The van der Waals surface area contributed by atoms with Crippen LogP contribution in [0.1, 0.15) is 65.0 Å². The van der Waals surface area contributed by atoms with Crippen molar-refractivity contribution in [2.45, 2.75) is 59.4 Å². The van der Waals surface area contributed by atoms with Crippen molar-refractivity contribution in [3.8, 4) is 5.75 Å². The van der Waals surface area contributed by atoms with Crippen LogP contribution in [0.3, 0.4) is 0 Å². The molecule has 0 aromatic heterocycles. The molecule has 2 nitrogen and oxygen atoms in total. The van der Waals surface area contributed by atoms with Crippen LogP contribution >= 0.6 is 0 Å². The number of hydrogen-bond acceptors (Lipinski definition) is 2. The molecule has 0 amide bonds. The number of rotatable bonds is 10. The van der Waals surface area contributed by atoms with E-state index in [4.69, 9.17) is 4.74 Å². The molecule has 0 saturated heterocycles. The van der Waals surface area contributed by atoms with Gasteiger partial charge in [0, 0.05) is 11.6 Å².